The van der Waals surface area contributed by atoms with Crippen molar-refractivity contribution in [2.75, 3.05) is 31.1 Å². The van der Waals surface area contributed by atoms with Gasteiger partial charge in [-0.15, -0.1) is 0 Å². The number of halogens is 1. The van der Waals surface area contributed by atoms with Gasteiger partial charge in [0, 0.05) is 49.0 Å². The molecule has 0 amide bonds. The first-order chi connectivity index (χ1) is 14.4. The number of aliphatic carboxylic acids is 2. The summed E-state index contributed by atoms with van der Waals surface area (Å²) in [6.07, 6.45) is 1.53. The third-order valence-electron chi connectivity index (χ3n) is 5.51. The SMILES string of the molecule is O=C(O)Cn1cc(C(C(=O)O)N2CCN(c3ccccc3)CC2)c2ccc(F)cc21. The molecule has 0 bridgehead atoms. The van der Waals surface area contributed by atoms with Crippen LogP contribution in [0.4, 0.5) is 10.1 Å². The molecule has 0 aliphatic carbocycles. The first-order valence-corrected chi connectivity index (χ1v) is 9.71. The smallest absolute Gasteiger partial charge is 0.325 e. The molecule has 7 nitrogen and oxygen atoms in total. The second kappa shape index (κ2) is 8.16. The van der Waals surface area contributed by atoms with Gasteiger partial charge in [-0.05, 0) is 30.3 Å². The average Bonchev–Trinajstić information content (AvgIpc) is 3.05. The van der Waals surface area contributed by atoms with Crippen molar-refractivity contribution in [1.82, 2.24) is 9.47 Å². The number of piperazine rings is 1. The molecule has 4 rings (SSSR count). The van der Waals surface area contributed by atoms with Crippen LogP contribution in [0.3, 0.4) is 0 Å². The number of carboxylic acid groups (broad SMARTS) is 2. The van der Waals surface area contributed by atoms with Gasteiger partial charge in [0.05, 0.1) is 5.52 Å². The fraction of sp³-hybridized carbons (Fsp3) is 0.273. The summed E-state index contributed by atoms with van der Waals surface area (Å²) < 4.78 is 15.2. The van der Waals surface area contributed by atoms with Crippen LogP contribution in [0.5, 0.6) is 0 Å². The van der Waals surface area contributed by atoms with E-state index in [1.807, 2.05) is 35.2 Å². The normalized spacial score (nSPS) is 16.0. The average molecular weight is 411 g/mol. The summed E-state index contributed by atoms with van der Waals surface area (Å²) in [6.45, 7) is 2.07. The zero-order valence-corrected chi connectivity index (χ0v) is 16.2. The summed E-state index contributed by atoms with van der Waals surface area (Å²) in [5.41, 5.74) is 1.95. The Balaban J connectivity index is 1.65. The highest BCUT2D eigenvalue weighted by Crippen LogP contribution is 2.32. The van der Waals surface area contributed by atoms with Crippen molar-refractivity contribution in [2.24, 2.45) is 0 Å². The van der Waals surface area contributed by atoms with E-state index in [-0.39, 0.29) is 6.54 Å². The lowest BCUT2D eigenvalue weighted by molar-refractivity contribution is -0.143. The molecule has 1 fully saturated rings. The van der Waals surface area contributed by atoms with Crippen LogP contribution in [-0.2, 0) is 16.1 Å². The van der Waals surface area contributed by atoms with E-state index in [1.54, 1.807) is 0 Å². The standard InChI is InChI=1S/C22H22FN3O4/c23-15-6-7-17-18(13-26(14-20(27)28)19(17)12-15)21(22(29)30)25-10-8-24(9-11-25)16-4-2-1-3-5-16/h1-7,12-13,21H,8-11,14H2,(H,27,28)(H,29,30). The number of hydrogen-bond donors (Lipinski definition) is 2. The lowest BCUT2D eigenvalue weighted by atomic mass is 10.0. The highest BCUT2D eigenvalue weighted by molar-refractivity contribution is 5.90. The molecule has 1 aliphatic heterocycles. The minimum Gasteiger partial charge on any atom is -0.480 e. The maximum atomic E-state index is 13.8. The maximum Gasteiger partial charge on any atom is 0.325 e. The molecule has 1 atom stereocenters. The van der Waals surface area contributed by atoms with Crippen molar-refractivity contribution in [2.45, 2.75) is 12.6 Å². The number of hydrogen-bond acceptors (Lipinski definition) is 4. The zero-order valence-electron chi connectivity index (χ0n) is 16.2. The van der Waals surface area contributed by atoms with Gasteiger partial charge < -0.3 is 19.7 Å². The van der Waals surface area contributed by atoms with Gasteiger partial charge in [0.1, 0.15) is 18.4 Å². The van der Waals surface area contributed by atoms with Crippen molar-refractivity contribution >= 4 is 28.5 Å². The molecule has 1 aromatic heterocycles. The summed E-state index contributed by atoms with van der Waals surface area (Å²) in [7, 11) is 0. The van der Waals surface area contributed by atoms with Crippen molar-refractivity contribution in [3.8, 4) is 0 Å². The van der Waals surface area contributed by atoms with Gasteiger partial charge in [0.15, 0.2) is 0 Å². The number of nitrogens with zero attached hydrogens (tertiary/aromatic N) is 3. The highest BCUT2D eigenvalue weighted by Gasteiger charge is 2.33. The molecule has 2 N–H and O–H groups in total. The van der Waals surface area contributed by atoms with Crippen molar-refractivity contribution in [3.63, 3.8) is 0 Å². The van der Waals surface area contributed by atoms with Crippen LogP contribution >= 0.6 is 0 Å². The number of benzene rings is 2. The number of carbonyl (C=O) groups is 2. The largest absolute Gasteiger partial charge is 0.480 e. The molecule has 0 spiro atoms. The van der Waals surface area contributed by atoms with Gasteiger partial charge in [0.2, 0.25) is 0 Å². The van der Waals surface area contributed by atoms with Crippen LogP contribution in [0.25, 0.3) is 10.9 Å². The zero-order chi connectivity index (χ0) is 21.3. The molecule has 0 saturated carbocycles. The van der Waals surface area contributed by atoms with Gasteiger partial charge in [-0.1, -0.05) is 18.2 Å². The van der Waals surface area contributed by atoms with Crippen molar-refractivity contribution < 1.29 is 24.2 Å². The molecular weight excluding hydrogens is 389 g/mol. The Morgan fingerprint density at radius 1 is 1.00 bits per heavy atom. The van der Waals surface area contributed by atoms with Crippen LogP contribution in [0, 0.1) is 5.82 Å². The molecule has 156 valence electrons. The Bertz CT molecular complexity index is 1070. The molecule has 1 unspecified atom stereocenters. The molecule has 8 heteroatoms. The molecule has 0 radical (unpaired) electrons. The summed E-state index contributed by atoms with van der Waals surface area (Å²) in [5, 5.41) is 19.8. The Kier molecular flexibility index (Phi) is 5.41. The lowest BCUT2D eigenvalue weighted by Crippen LogP contribution is -2.49. The van der Waals surface area contributed by atoms with E-state index < -0.39 is 23.8 Å². The number of aromatic nitrogens is 1. The van der Waals surface area contributed by atoms with E-state index in [4.69, 9.17) is 0 Å². The molecule has 1 aliphatic rings. The van der Waals surface area contributed by atoms with Gasteiger partial charge >= 0.3 is 11.9 Å². The first-order valence-electron chi connectivity index (χ1n) is 9.71. The number of anilines is 1. The van der Waals surface area contributed by atoms with E-state index in [1.165, 1.54) is 29.0 Å². The second-order valence-corrected chi connectivity index (χ2v) is 7.37. The number of rotatable bonds is 6. The molecular formula is C22H22FN3O4. The summed E-state index contributed by atoms with van der Waals surface area (Å²) in [4.78, 5) is 27.6. The Labute approximate surface area is 172 Å². The van der Waals surface area contributed by atoms with Crippen molar-refractivity contribution in [1.29, 1.82) is 0 Å². The first kappa shape index (κ1) is 19.9. The van der Waals surface area contributed by atoms with Crippen LogP contribution in [0.15, 0.2) is 54.7 Å². The third-order valence-corrected chi connectivity index (χ3v) is 5.51. The van der Waals surface area contributed by atoms with Crippen LogP contribution < -0.4 is 4.90 Å². The Morgan fingerprint density at radius 2 is 1.70 bits per heavy atom. The topological polar surface area (TPSA) is 86.0 Å². The minimum absolute atomic E-state index is 0.367. The Morgan fingerprint density at radius 3 is 2.33 bits per heavy atom. The van der Waals surface area contributed by atoms with Gasteiger partial charge in [-0.3, -0.25) is 14.5 Å². The second-order valence-electron chi connectivity index (χ2n) is 7.37. The molecule has 3 aromatic rings. The van der Waals surface area contributed by atoms with E-state index in [0.717, 1.165) is 5.69 Å². The van der Waals surface area contributed by atoms with E-state index in [9.17, 15) is 24.2 Å². The fourth-order valence-corrected chi connectivity index (χ4v) is 4.15. The van der Waals surface area contributed by atoms with E-state index in [0.29, 0.717) is 42.6 Å². The molecule has 2 aromatic carbocycles. The van der Waals surface area contributed by atoms with Crippen LogP contribution in [0.1, 0.15) is 11.6 Å². The molecule has 2 heterocycles. The fourth-order valence-electron chi connectivity index (χ4n) is 4.15. The monoisotopic (exact) mass is 411 g/mol. The molecule has 1 saturated heterocycles. The van der Waals surface area contributed by atoms with Gasteiger partial charge in [-0.2, -0.15) is 0 Å². The van der Waals surface area contributed by atoms with E-state index in [2.05, 4.69) is 4.90 Å². The number of fused-ring (bicyclic) bond motifs is 1. The highest BCUT2D eigenvalue weighted by atomic mass is 19.1. The number of para-hydroxylation sites is 1. The summed E-state index contributed by atoms with van der Waals surface area (Å²) in [6, 6.07) is 13.0. The van der Waals surface area contributed by atoms with Crippen LogP contribution in [-0.4, -0.2) is 57.8 Å². The summed E-state index contributed by atoms with van der Waals surface area (Å²) in [5.74, 6) is -2.59. The van der Waals surface area contributed by atoms with Crippen molar-refractivity contribution in [3.05, 3.63) is 66.1 Å². The third kappa shape index (κ3) is 3.86. The molecule has 30 heavy (non-hydrogen) atoms. The van der Waals surface area contributed by atoms with Gasteiger partial charge in [0.25, 0.3) is 0 Å². The number of carboxylic acids is 2. The summed E-state index contributed by atoms with van der Waals surface area (Å²) >= 11 is 0. The quantitative estimate of drug-likeness (QED) is 0.649. The van der Waals surface area contributed by atoms with Gasteiger partial charge in [-0.25, -0.2) is 4.39 Å². The lowest BCUT2D eigenvalue weighted by Gasteiger charge is -2.38. The Hall–Kier alpha value is -3.39. The van der Waals surface area contributed by atoms with Crippen LogP contribution in [0.2, 0.25) is 0 Å². The minimum atomic E-state index is -1.08. The predicted octanol–water partition coefficient (Wildman–Crippen LogP) is 2.81. The maximum absolute atomic E-state index is 13.8. The van der Waals surface area contributed by atoms with E-state index >= 15 is 0 Å². The predicted molar refractivity (Wildman–Crippen MR) is 110 cm³/mol.